The lowest BCUT2D eigenvalue weighted by molar-refractivity contribution is -0.137. The van der Waals surface area contributed by atoms with Gasteiger partial charge in [-0.05, 0) is 48.7 Å². The van der Waals surface area contributed by atoms with E-state index in [-0.39, 0.29) is 18.9 Å². The van der Waals surface area contributed by atoms with E-state index in [9.17, 15) is 14.0 Å². The lowest BCUT2D eigenvalue weighted by Gasteiger charge is -2.20. The molecule has 2 atom stereocenters. The number of nitrogens with one attached hydrogen (secondary N) is 1. The number of hydrogen-bond acceptors (Lipinski definition) is 3. The minimum absolute atomic E-state index is 0.216. The molecule has 0 radical (unpaired) electrons. The second-order valence-electron chi connectivity index (χ2n) is 6.55. The van der Waals surface area contributed by atoms with Gasteiger partial charge in [-0.3, -0.25) is 9.59 Å². The van der Waals surface area contributed by atoms with E-state index < -0.39 is 23.7 Å². The first kappa shape index (κ1) is 17.9. The molecule has 0 fully saturated rings. The molecule has 0 spiro atoms. The van der Waals surface area contributed by atoms with Crippen LogP contribution in [-0.2, 0) is 9.59 Å². The SMILES string of the molecule is Cc1cc2c(cc1C)C(C(=O)NC(CC(=O)O)c1ccc(F)cc1)CO2. The Morgan fingerprint density at radius 1 is 1.23 bits per heavy atom. The van der Waals surface area contributed by atoms with Gasteiger partial charge in [0.15, 0.2) is 0 Å². The number of rotatable bonds is 5. The molecule has 1 heterocycles. The van der Waals surface area contributed by atoms with Crippen molar-refractivity contribution in [3.8, 4) is 5.75 Å². The van der Waals surface area contributed by atoms with Crippen molar-refractivity contribution < 1.29 is 23.8 Å². The van der Waals surface area contributed by atoms with Crippen molar-refractivity contribution in [1.82, 2.24) is 5.32 Å². The maximum atomic E-state index is 13.1. The molecule has 0 saturated heterocycles. The molecule has 0 aliphatic carbocycles. The van der Waals surface area contributed by atoms with Gasteiger partial charge in [0.2, 0.25) is 5.91 Å². The summed E-state index contributed by atoms with van der Waals surface area (Å²) in [7, 11) is 0. The van der Waals surface area contributed by atoms with Crippen molar-refractivity contribution in [1.29, 1.82) is 0 Å². The van der Waals surface area contributed by atoms with Crippen LogP contribution in [0.25, 0.3) is 0 Å². The zero-order chi connectivity index (χ0) is 18.8. The largest absolute Gasteiger partial charge is 0.492 e. The van der Waals surface area contributed by atoms with Crippen LogP contribution in [0.1, 0.15) is 40.6 Å². The lowest BCUT2D eigenvalue weighted by Crippen LogP contribution is -2.34. The third-order valence-electron chi connectivity index (χ3n) is 4.69. The molecule has 2 N–H and O–H groups in total. The summed E-state index contributed by atoms with van der Waals surface area (Å²) in [5, 5.41) is 11.9. The highest BCUT2D eigenvalue weighted by atomic mass is 19.1. The first-order valence-electron chi connectivity index (χ1n) is 8.36. The summed E-state index contributed by atoms with van der Waals surface area (Å²) < 4.78 is 18.8. The van der Waals surface area contributed by atoms with E-state index in [4.69, 9.17) is 9.84 Å². The third kappa shape index (κ3) is 3.69. The van der Waals surface area contributed by atoms with Gasteiger partial charge in [0.25, 0.3) is 0 Å². The summed E-state index contributed by atoms with van der Waals surface area (Å²) >= 11 is 0. The maximum absolute atomic E-state index is 13.1. The van der Waals surface area contributed by atoms with E-state index >= 15 is 0 Å². The molecule has 2 aromatic carbocycles. The fourth-order valence-electron chi connectivity index (χ4n) is 3.08. The predicted octanol–water partition coefficient (Wildman–Crippen LogP) is 3.25. The van der Waals surface area contributed by atoms with E-state index in [0.717, 1.165) is 16.7 Å². The fourth-order valence-corrected chi connectivity index (χ4v) is 3.08. The highest BCUT2D eigenvalue weighted by Crippen LogP contribution is 2.36. The van der Waals surface area contributed by atoms with E-state index in [0.29, 0.717) is 11.3 Å². The smallest absolute Gasteiger partial charge is 0.305 e. The first-order valence-corrected chi connectivity index (χ1v) is 8.36. The maximum Gasteiger partial charge on any atom is 0.305 e. The minimum atomic E-state index is -1.05. The van der Waals surface area contributed by atoms with Crippen LogP contribution in [0.4, 0.5) is 4.39 Å². The number of carboxylic acids is 1. The van der Waals surface area contributed by atoms with Crippen molar-refractivity contribution in [2.75, 3.05) is 6.61 Å². The Morgan fingerprint density at radius 3 is 2.54 bits per heavy atom. The zero-order valence-corrected chi connectivity index (χ0v) is 14.6. The van der Waals surface area contributed by atoms with Crippen molar-refractivity contribution in [3.63, 3.8) is 0 Å². The number of carbonyl (C=O) groups is 2. The number of hydrogen-bond donors (Lipinski definition) is 2. The quantitative estimate of drug-likeness (QED) is 0.861. The molecule has 3 rings (SSSR count). The predicted molar refractivity (Wildman–Crippen MR) is 93.7 cm³/mol. The first-order chi connectivity index (χ1) is 12.3. The van der Waals surface area contributed by atoms with Gasteiger partial charge in [-0.25, -0.2) is 4.39 Å². The molecule has 1 aliphatic heterocycles. The van der Waals surface area contributed by atoms with E-state index in [1.807, 2.05) is 26.0 Å². The molecular formula is C20H20FNO4. The zero-order valence-electron chi connectivity index (χ0n) is 14.6. The molecule has 26 heavy (non-hydrogen) atoms. The summed E-state index contributed by atoms with van der Waals surface area (Å²) in [6.45, 7) is 4.16. The van der Waals surface area contributed by atoms with Crippen LogP contribution in [0, 0.1) is 19.7 Å². The number of ether oxygens (including phenoxy) is 1. The van der Waals surface area contributed by atoms with Crippen LogP contribution < -0.4 is 10.1 Å². The number of fused-ring (bicyclic) bond motifs is 1. The van der Waals surface area contributed by atoms with Crippen LogP contribution in [0.3, 0.4) is 0 Å². The van der Waals surface area contributed by atoms with Gasteiger partial charge in [0.1, 0.15) is 24.1 Å². The number of carbonyl (C=O) groups excluding carboxylic acids is 1. The molecule has 1 amide bonds. The topological polar surface area (TPSA) is 75.6 Å². The molecule has 0 bridgehead atoms. The van der Waals surface area contributed by atoms with Gasteiger partial charge in [-0.15, -0.1) is 0 Å². The van der Waals surface area contributed by atoms with Gasteiger partial charge < -0.3 is 15.2 Å². The van der Waals surface area contributed by atoms with Gasteiger partial charge >= 0.3 is 5.97 Å². The Morgan fingerprint density at radius 2 is 1.88 bits per heavy atom. The highest BCUT2D eigenvalue weighted by molar-refractivity contribution is 5.86. The van der Waals surface area contributed by atoms with Crippen LogP contribution in [0.2, 0.25) is 0 Å². The molecule has 136 valence electrons. The highest BCUT2D eigenvalue weighted by Gasteiger charge is 2.32. The Bertz CT molecular complexity index is 848. The number of aryl methyl sites for hydroxylation is 2. The summed E-state index contributed by atoms with van der Waals surface area (Å²) in [6.07, 6.45) is -0.287. The molecule has 2 aromatic rings. The van der Waals surface area contributed by atoms with Crippen LogP contribution >= 0.6 is 0 Å². The van der Waals surface area contributed by atoms with Crippen LogP contribution in [0.15, 0.2) is 36.4 Å². The fraction of sp³-hybridized carbons (Fsp3) is 0.300. The number of carboxylic acid groups (broad SMARTS) is 1. The standard InChI is InChI=1S/C20H20FNO4/c1-11-7-15-16(10-26-18(15)8-12(11)2)20(25)22-17(9-19(23)24)13-3-5-14(21)6-4-13/h3-8,16-17H,9-10H2,1-2H3,(H,22,25)(H,23,24). The van der Waals surface area contributed by atoms with Crippen molar-refractivity contribution >= 4 is 11.9 Å². The van der Waals surface area contributed by atoms with Gasteiger partial charge in [0.05, 0.1) is 12.5 Å². The number of benzene rings is 2. The molecule has 1 aliphatic rings. The summed E-state index contributed by atoms with van der Waals surface area (Å²) in [5.74, 6) is -1.58. The van der Waals surface area contributed by atoms with Crippen LogP contribution in [0.5, 0.6) is 5.75 Å². The van der Waals surface area contributed by atoms with Crippen molar-refractivity contribution in [3.05, 3.63) is 64.5 Å². The number of aliphatic carboxylic acids is 1. The molecular weight excluding hydrogens is 337 g/mol. The molecule has 5 nitrogen and oxygen atoms in total. The lowest BCUT2D eigenvalue weighted by atomic mass is 9.95. The second-order valence-corrected chi connectivity index (χ2v) is 6.55. The van der Waals surface area contributed by atoms with Gasteiger partial charge in [0, 0.05) is 5.56 Å². The average Bonchev–Trinajstić information content (AvgIpc) is 2.97. The van der Waals surface area contributed by atoms with E-state index in [1.165, 1.54) is 24.3 Å². The summed E-state index contributed by atoms with van der Waals surface area (Å²) in [4.78, 5) is 24.0. The Labute approximate surface area is 150 Å². The van der Waals surface area contributed by atoms with Crippen LogP contribution in [-0.4, -0.2) is 23.6 Å². The minimum Gasteiger partial charge on any atom is -0.492 e. The Kier molecular flexibility index (Phi) is 4.93. The molecule has 6 heteroatoms. The van der Waals surface area contributed by atoms with Crippen molar-refractivity contribution in [2.24, 2.45) is 0 Å². The normalized spacial score (nSPS) is 16.5. The third-order valence-corrected chi connectivity index (χ3v) is 4.69. The number of amides is 1. The molecule has 0 aromatic heterocycles. The average molecular weight is 357 g/mol. The molecule has 0 saturated carbocycles. The van der Waals surface area contributed by atoms with E-state index in [2.05, 4.69) is 5.32 Å². The second kappa shape index (κ2) is 7.15. The van der Waals surface area contributed by atoms with E-state index in [1.54, 1.807) is 0 Å². The molecule has 2 unspecified atom stereocenters. The monoisotopic (exact) mass is 357 g/mol. The summed E-state index contributed by atoms with van der Waals surface area (Å²) in [6, 6.07) is 8.56. The number of halogens is 1. The Balaban J connectivity index is 1.82. The van der Waals surface area contributed by atoms with Crippen molar-refractivity contribution in [2.45, 2.75) is 32.2 Å². The van der Waals surface area contributed by atoms with Gasteiger partial charge in [-0.2, -0.15) is 0 Å². The van der Waals surface area contributed by atoms with Gasteiger partial charge in [-0.1, -0.05) is 18.2 Å². The Hall–Kier alpha value is -2.89. The summed E-state index contributed by atoms with van der Waals surface area (Å²) in [5.41, 5.74) is 3.49.